The Morgan fingerprint density at radius 2 is 1.48 bits per heavy atom. The van der Waals surface area contributed by atoms with Crippen LogP contribution in [0.3, 0.4) is 0 Å². The quantitative estimate of drug-likeness (QED) is 0.677. The Morgan fingerprint density at radius 1 is 1.00 bits per heavy atom. The maximum Gasteiger partial charge on any atom is 0.320 e. The van der Waals surface area contributed by atoms with E-state index in [2.05, 4.69) is 0 Å². The monoisotopic (exact) mass is 347 g/mol. The van der Waals surface area contributed by atoms with Crippen molar-refractivity contribution >= 4 is 5.97 Å². The number of rotatable bonds is 8. The van der Waals surface area contributed by atoms with Crippen LogP contribution >= 0.6 is 0 Å². The minimum Gasteiger partial charge on any atom is -0.465 e. The third kappa shape index (κ3) is 5.94. The van der Waals surface area contributed by atoms with Crippen LogP contribution in [-0.4, -0.2) is 37.6 Å². The molecule has 0 aliphatic rings. The van der Waals surface area contributed by atoms with Crippen LogP contribution in [0.1, 0.15) is 30.4 Å². The second kappa shape index (κ2) is 9.28. The Kier molecular flexibility index (Phi) is 7.07. The fourth-order valence-electron chi connectivity index (χ4n) is 2.77. The van der Waals surface area contributed by atoms with E-state index in [9.17, 15) is 13.6 Å². The number of benzene rings is 2. The third-order valence-electron chi connectivity index (χ3n) is 4.05. The van der Waals surface area contributed by atoms with Gasteiger partial charge in [0.25, 0.3) is 0 Å². The fraction of sp³-hybridized carbons (Fsp3) is 0.350. The smallest absolute Gasteiger partial charge is 0.320 e. The molecule has 0 fully saturated rings. The normalized spacial score (nSPS) is 11.1. The van der Waals surface area contributed by atoms with Crippen LogP contribution in [0.2, 0.25) is 0 Å². The Labute approximate surface area is 147 Å². The molecule has 0 unspecified atom stereocenters. The van der Waals surface area contributed by atoms with Crippen LogP contribution in [0.4, 0.5) is 8.78 Å². The standard InChI is InChI=1S/C20H23F2NO2/c1-3-25-20(24)14-23(2)13-12-19(15-4-8-17(21)9-5-15)16-6-10-18(22)11-7-16/h4-11,19H,3,12-14H2,1-2H3. The molecule has 0 saturated heterocycles. The number of likely N-dealkylation sites (N-methyl/N-ethyl adjacent to an activating group) is 1. The van der Waals surface area contributed by atoms with Crippen LogP contribution in [0.15, 0.2) is 48.5 Å². The van der Waals surface area contributed by atoms with Gasteiger partial charge < -0.3 is 4.74 Å². The van der Waals surface area contributed by atoms with Gasteiger partial charge in [0.2, 0.25) is 0 Å². The molecule has 2 aromatic rings. The molecule has 0 saturated carbocycles. The summed E-state index contributed by atoms with van der Waals surface area (Å²) >= 11 is 0. The molecule has 3 nitrogen and oxygen atoms in total. The summed E-state index contributed by atoms with van der Waals surface area (Å²) in [7, 11) is 1.85. The number of esters is 1. The van der Waals surface area contributed by atoms with Crippen molar-refractivity contribution in [2.45, 2.75) is 19.3 Å². The summed E-state index contributed by atoms with van der Waals surface area (Å²) in [5.74, 6) is -0.849. The summed E-state index contributed by atoms with van der Waals surface area (Å²) < 4.78 is 31.4. The average Bonchev–Trinajstić information content (AvgIpc) is 2.58. The first-order chi connectivity index (χ1) is 12.0. The molecule has 0 bridgehead atoms. The molecule has 0 heterocycles. The molecule has 0 aromatic heterocycles. The summed E-state index contributed by atoms with van der Waals surface area (Å²) in [6.07, 6.45) is 0.715. The summed E-state index contributed by atoms with van der Waals surface area (Å²) in [4.78, 5) is 13.5. The lowest BCUT2D eigenvalue weighted by Crippen LogP contribution is -2.29. The Balaban J connectivity index is 2.10. The predicted octanol–water partition coefficient (Wildman–Crippen LogP) is 3.98. The van der Waals surface area contributed by atoms with Gasteiger partial charge in [0, 0.05) is 5.92 Å². The van der Waals surface area contributed by atoms with Crippen molar-refractivity contribution in [3.8, 4) is 0 Å². The highest BCUT2D eigenvalue weighted by Crippen LogP contribution is 2.28. The molecule has 25 heavy (non-hydrogen) atoms. The van der Waals surface area contributed by atoms with E-state index in [0.717, 1.165) is 11.1 Å². The minimum atomic E-state index is -0.291. The molecule has 5 heteroatoms. The Morgan fingerprint density at radius 3 is 1.92 bits per heavy atom. The number of carbonyl (C=O) groups is 1. The lowest BCUT2D eigenvalue weighted by Gasteiger charge is -2.22. The highest BCUT2D eigenvalue weighted by molar-refractivity contribution is 5.71. The molecule has 0 spiro atoms. The van der Waals surface area contributed by atoms with Gasteiger partial charge in [-0.25, -0.2) is 8.78 Å². The van der Waals surface area contributed by atoms with E-state index in [1.54, 1.807) is 31.2 Å². The van der Waals surface area contributed by atoms with Crippen molar-refractivity contribution in [3.63, 3.8) is 0 Å². The summed E-state index contributed by atoms with van der Waals surface area (Å²) in [6.45, 7) is 3.00. The van der Waals surface area contributed by atoms with E-state index < -0.39 is 0 Å². The van der Waals surface area contributed by atoms with E-state index in [1.165, 1.54) is 24.3 Å². The van der Waals surface area contributed by atoms with Crippen LogP contribution in [0.25, 0.3) is 0 Å². The molecule has 134 valence electrons. The van der Waals surface area contributed by atoms with E-state index in [-0.39, 0.29) is 30.1 Å². The summed E-state index contributed by atoms with van der Waals surface area (Å²) in [5, 5.41) is 0. The van der Waals surface area contributed by atoms with Gasteiger partial charge >= 0.3 is 5.97 Å². The van der Waals surface area contributed by atoms with Gasteiger partial charge in [0.05, 0.1) is 13.2 Å². The predicted molar refractivity (Wildman–Crippen MR) is 93.4 cm³/mol. The number of hydrogen-bond donors (Lipinski definition) is 0. The zero-order chi connectivity index (χ0) is 18.2. The van der Waals surface area contributed by atoms with Gasteiger partial charge in [-0.2, -0.15) is 0 Å². The molecule has 2 aromatic carbocycles. The Hall–Kier alpha value is -2.27. The molecular weight excluding hydrogens is 324 g/mol. The third-order valence-corrected chi connectivity index (χ3v) is 4.05. The van der Waals surface area contributed by atoms with E-state index in [1.807, 2.05) is 11.9 Å². The first-order valence-corrected chi connectivity index (χ1v) is 8.34. The van der Waals surface area contributed by atoms with Crippen LogP contribution < -0.4 is 0 Å². The van der Waals surface area contributed by atoms with Crippen molar-refractivity contribution in [2.24, 2.45) is 0 Å². The zero-order valence-corrected chi connectivity index (χ0v) is 14.5. The van der Waals surface area contributed by atoms with Gasteiger partial charge in [-0.05, 0) is 62.3 Å². The van der Waals surface area contributed by atoms with E-state index in [4.69, 9.17) is 4.74 Å². The molecule has 0 atom stereocenters. The molecule has 0 aliphatic carbocycles. The van der Waals surface area contributed by atoms with Gasteiger partial charge in [-0.1, -0.05) is 24.3 Å². The maximum absolute atomic E-state index is 13.2. The van der Waals surface area contributed by atoms with Crippen LogP contribution in [0.5, 0.6) is 0 Å². The molecule has 0 amide bonds. The molecule has 0 aliphatic heterocycles. The lowest BCUT2D eigenvalue weighted by molar-refractivity contribution is -0.144. The summed E-state index contributed by atoms with van der Waals surface area (Å²) in [5.41, 5.74) is 1.91. The first-order valence-electron chi connectivity index (χ1n) is 8.34. The fourth-order valence-corrected chi connectivity index (χ4v) is 2.77. The first kappa shape index (κ1) is 19.1. The van der Waals surface area contributed by atoms with Crippen molar-refractivity contribution in [1.82, 2.24) is 4.90 Å². The van der Waals surface area contributed by atoms with Gasteiger partial charge in [0.15, 0.2) is 0 Å². The molecule has 0 N–H and O–H groups in total. The van der Waals surface area contributed by atoms with Gasteiger partial charge in [0.1, 0.15) is 11.6 Å². The van der Waals surface area contributed by atoms with Crippen LogP contribution in [-0.2, 0) is 9.53 Å². The lowest BCUT2D eigenvalue weighted by atomic mass is 9.88. The number of ether oxygens (including phenoxy) is 1. The van der Waals surface area contributed by atoms with E-state index in [0.29, 0.717) is 19.6 Å². The van der Waals surface area contributed by atoms with Crippen molar-refractivity contribution < 1.29 is 18.3 Å². The SMILES string of the molecule is CCOC(=O)CN(C)CCC(c1ccc(F)cc1)c1ccc(F)cc1. The van der Waals surface area contributed by atoms with Crippen LogP contribution in [0, 0.1) is 11.6 Å². The number of halogens is 2. The Bertz CT molecular complexity index is 626. The molecule has 0 radical (unpaired) electrons. The van der Waals surface area contributed by atoms with Crippen molar-refractivity contribution in [1.29, 1.82) is 0 Å². The van der Waals surface area contributed by atoms with Gasteiger partial charge in [-0.15, -0.1) is 0 Å². The second-order valence-electron chi connectivity index (χ2n) is 5.99. The largest absolute Gasteiger partial charge is 0.465 e. The van der Waals surface area contributed by atoms with Gasteiger partial charge in [-0.3, -0.25) is 9.69 Å². The molecular formula is C20H23F2NO2. The maximum atomic E-state index is 13.2. The number of nitrogens with zero attached hydrogens (tertiary/aromatic N) is 1. The van der Waals surface area contributed by atoms with E-state index >= 15 is 0 Å². The minimum absolute atomic E-state index is 0.00848. The second-order valence-corrected chi connectivity index (χ2v) is 5.99. The number of hydrogen-bond acceptors (Lipinski definition) is 3. The summed E-state index contributed by atoms with van der Waals surface area (Å²) in [6, 6.07) is 12.7. The zero-order valence-electron chi connectivity index (χ0n) is 14.5. The molecule has 2 rings (SSSR count). The topological polar surface area (TPSA) is 29.5 Å². The average molecular weight is 347 g/mol. The number of carbonyl (C=O) groups excluding carboxylic acids is 1. The van der Waals surface area contributed by atoms with Crippen molar-refractivity contribution in [3.05, 3.63) is 71.3 Å². The van der Waals surface area contributed by atoms with Crippen molar-refractivity contribution in [2.75, 3.05) is 26.7 Å². The highest BCUT2D eigenvalue weighted by Gasteiger charge is 2.16. The highest BCUT2D eigenvalue weighted by atomic mass is 19.1.